The average Bonchev–Trinajstić information content (AvgIpc) is 2.35. The van der Waals surface area contributed by atoms with Crippen LogP contribution < -0.4 is 5.32 Å². The second-order valence-electron chi connectivity index (χ2n) is 4.74. The summed E-state index contributed by atoms with van der Waals surface area (Å²) in [6.45, 7) is 6.71. The second-order valence-corrected chi connectivity index (χ2v) is 5.89. The molecular formula is C15H25NS. The van der Waals surface area contributed by atoms with E-state index in [4.69, 9.17) is 0 Å². The molecule has 0 saturated carbocycles. The van der Waals surface area contributed by atoms with Crippen LogP contribution in [-0.2, 0) is 0 Å². The predicted octanol–water partition coefficient (Wildman–Crippen LogP) is 4.21. The van der Waals surface area contributed by atoms with Gasteiger partial charge in [-0.2, -0.15) is 11.8 Å². The number of thioether (sulfide) groups is 1. The lowest BCUT2D eigenvalue weighted by molar-refractivity contribution is 0.661. The molecule has 0 radical (unpaired) electrons. The highest BCUT2D eigenvalue weighted by Crippen LogP contribution is 2.21. The van der Waals surface area contributed by atoms with E-state index < -0.39 is 0 Å². The van der Waals surface area contributed by atoms with E-state index in [0.717, 1.165) is 5.75 Å². The maximum absolute atomic E-state index is 3.41. The van der Waals surface area contributed by atoms with Crippen molar-refractivity contribution in [2.75, 3.05) is 18.6 Å². The average molecular weight is 251 g/mol. The summed E-state index contributed by atoms with van der Waals surface area (Å²) in [5.41, 5.74) is 2.82. The van der Waals surface area contributed by atoms with E-state index in [1.165, 1.54) is 23.3 Å². The zero-order valence-corrected chi connectivity index (χ0v) is 12.3. The summed E-state index contributed by atoms with van der Waals surface area (Å²) in [4.78, 5) is 0. The van der Waals surface area contributed by atoms with E-state index in [1.54, 1.807) is 0 Å². The predicted molar refractivity (Wildman–Crippen MR) is 79.9 cm³/mol. The quantitative estimate of drug-likeness (QED) is 0.728. The van der Waals surface area contributed by atoms with Gasteiger partial charge in [-0.1, -0.05) is 45.0 Å². The summed E-state index contributed by atoms with van der Waals surface area (Å²) in [7, 11) is 2.05. The fourth-order valence-corrected chi connectivity index (χ4v) is 2.86. The molecule has 0 aliphatic rings. The molecule has 1 aromatic rings. The maximum Gasteiger partial charge on any atom is 0.0409 e. The molecule has 0 bridgehead atoms. The molecule has 0 heterocycles. The van der Waals surface area contributed by atoms with Gasteiger partial charge in [-0.3, -0.25) is 0 Å². The first-order valence-electron chi connectivity index (χ1n) is 6.53. The van der Waals surface area contributed by atoms with E-state index in [9.17, 15) is 0 Å². The third kappa shape index (κ3) is 4.72. The molecule has 0 aromatic heterocycles. The van der Waals surface area contributed by atoms with Crippen molar-refractivity contribution in [2.24, 2.45) is 0 Å². The molecule has 96 valence electrons. The van der Waals surface area contributed by atoms with E-state index in [1.807, 2.05) is 18.8 Å². The summed E-state index contributed by atoms with van der Waals surface area (Å²) < 4.78 is 0. The van der Waals surface area contributed by atoms with Crippen molar-refractivity contribution in [2.45, 2.75) is 39.2 Å². The topological polar surface area (TPSA) is 12.0 Å². The molecule has 0 spiro atoms. The number of rotatable bonds is 7. The third-order valence-electron chi connectivity index (χ3n) is 2.99. The first kappa shape index (κ1) is 14.6. The van der Waals surface area contributed by atoms with Crippen LogP contribution in [0.3, 0.4) is 0 Å². The highest BCUT2D eigenvalue weighted by Gasteiger charge is 2.09. The summed E-state index contributed by atoms with van der Waals surface area (Å²) in [6.07, 6.45) is 1.26. The first-order valence-corrected chi connectivity index (χ1v) is 7.69. The van der Waals surface area contributed by atoms with Crippen molar-refractivity contribution in [1.29, 1.82) is 0 Å². The van der Waals surface area contributed by atoms with Crippen LogP contribution in [0, 0.1) is 0 Å². The fraction of sp³-hybridized carbons (Fsp3) is 0.600. The van der Waals surface area contributed by atoms with Crippen LogP contribution in [0.15, 0.2) is 24.3 Å². The summed E-state index contributed by atoms with van der Waals surface area (Å²) >= 11 is 2.03. The molecule has 0 aliphatic heterocycles. The fourth-order valence-electron chi connectivity index (χ4n) is 1.80. The Morgan fingerprint density at radius 1 is 1.12 bits per heavy atom. The van der Waals surface area contributed by atoms with E-state index in [2.05, 4.69) is 50.4 Å². The van der Waals surface area contributed by atoms with Gasteiger partial charge in [0, 0.05) is 11.8 Å². The molecule has 0 fully saturated rings. The molecule has 1 rings (SSSR count). The molecule has 0 aliphatic carbocycles. The zero-order chi connectivity index (χ0) is 12.7. The van der Waals surface area contributed by atoms with Gasteiger partial charge in [-0.15, -0.1) is 0 Å². The van der Waals surface area contributed by atoms with Gasteiger partial charge < -0.3 is 5.32 Å². The van der Waals surface area contributed by atoms with Crippen molar-refractivity contribution >= 4 is 11.8 Å². The van der Waals surface area contributed by atoms with Gasteiger partial charge in [0.1, 0.15) is 0 Å². The SMILES string of the molecule is CCCSCC(NC)c1ccc(C(C)C)cc1. The van der Waals surface area contributed by atoms with Crippen molar-refractivity contribution in [1.82, 2.24) is 5.32 Å². The summed E-state index contributed by atoms with van der Waals surface area (Å²) in [6, 6.07) is 9.53. The minimum atomic E-state index is 0.479. The molecular weight excluding hydrogens is 226 g/mol. The lowest BCUT2D eigenvalue weighted by Crippen LogP contribution is -2.18. The number of nitrogens with one attached hydrogen (secondary N) is 1. The Balaban J connectivity index is 2.62. The molecule has 1 aromatic carbocycles. The van der Waals surface area contributed by atoms with Gasteiger partial charge in [-0.25, -0.2) is 0 Å². The Labute approximate surface area is 110 Å². The van der Waals surface area contributed by atoms with Crippen molar-refractivity contribution in [3.05, 3.63) is 35.4 Å². The Kier molecular flexibility index (Phi) is 6.68. The minimum Gasteiger partial charge on any atom is -0.312 e. The van der Waals surface area contributed by atoms with Crippen LogP contribution in [0.2, 0.25) is 0 Å². The normalized spacial score (nSPS) is 13.0. The van der Waals surface area contributed by atoms with E-state index in [-0.39, 0.29) is 0 Å². The number of benzene rings is 1. The van der Waals surface area contributed by atoms with Crippen molar-refractivity contribution in [3.63, 3.8) is 0 Å². The lowest BCUT2D eigenvalue weighted by Gasteiger charge is -2.17. The zero-order valence-electron chi connectivity index (χ0n) is 11.5. The second kappa shape index (κ2) is 7.78. The summed E-state index contributed by atoms with van der Waals surface area (Å²) in [5.74, 6) is 3.03. The van der Waals surface area contributed by atoms with Crippen LogP contribution in [0.4, 0.5) is 0 Å². The van der Waals surface area contributed by atoms with Gasteiger partial charge in [0.05, 0.1) is 0 Å². The molecule has 17 heavy (non-hydrogen) atoms. The lowest BCUT2D eigenvalue weighted by atomic mass is 10.00. The van der Waals surface area contributed by atoms with Crippen molar-refractivity contribution in [3.8, 4) is 0 Å². The molecule has 2 heteroatoms. The number of hydrogen-bond donors (Lipinski definition) is 1. The monoisotopic (exact) mass is 251 g/mol. The highest BCUT2D eigenvalue weighted by atomic mass is 32.2. The molecule has 1 N–H and O–H groups in total. The molecule has 1 unspecified atom stereocenters. The van der Waals surface area contributed by atoms with Crippen LogP contribution in [0.1, 0.15) is 50.3 Å². The molecule has 1 nitrogen and oxygen atoms in total. The van der Waals surface area contributed by atoms with Crippen LogP contribution in [0.25, 0.3) is 0 Å². The molecule has 0 amide bonds. The first-order chi connectivity index (χ1) is 8.19. The standard InChI is InChI=1S/C15H25NS/c1-5-10-17-11-15(16-4)14-8-6-13(7-9-14)12(2)3/h6-9,12,15-16H,5,10-11H2,1-4H3. The van der Waals surface area contributed by atoms with Crippen molar-refractivity contribution < 1.29 is 0 Å². The molecule has 0 saturated heterocycles. The van der Waals surface area contributed by atoms with Gasteiger partial charge in [0.25, 0.3) is 0 Å². The Morgan fingerprint density at radius 3 is 2.18 bits per heavy atom. The largest absolute Gasteiger partial charge is 0.312 e. The van der Waals surface area contributed by atoms with Crippen LogP contribution in [0.5, 0.6) is 0 Å². The minimum absolute atomic E-state index is 0.479. The Bertz CT molecular complexity index is 305. The Hall–Kier alpha value is -0.470. The third-order valence-corrected chi connectivity index (χ3v) is 4.25. The number of hydrogen-bond acceptors (Lipinski definition) is 2. The van der Waals surface area contributed by atoms with Gasteiger partial charge in [-0.05, 0) is 36.3 Å². The van der Waals surface area contributed by atoms with E-state index >= 15 is 0 Å². The Morgan fingerprint density at radius 2 is 1.71 bits per heavy atom. The van der Waals surface area contributed by atoms with Gasteiger partial charge in [0.15, 0.2) is 0 Å². The smallest absolute Gasteiger partial charge is 0.0409 e. The molecule has 1 atom stereocenters. The van der Waals surface area contributed by atoms with E-state index in [0.29, 0.717) is 12.0 Å². The van der Waals surface area contributed by atoms with Gasteiger partial charge >= 0.3 is 0 Å². The van der Waals surface area contributed by atoms with Crippen LogP contribution >= 0.6 is 11.8 Å². The van der Waals surface area contributed by atoms with Crippen LogP contribution in [-0.4, -0.2) is 18.6 Å². The maximum atomic E-state index is 3.41. The summed E-state index contributed by atoms with van der Waals surface area (Å²) in [5, 5.41) is 3.41. The highest BCUT2D eigenvalue weighted by molar-refractivity contribution is 7.99. The van der Waals surface area contributed by atoms with Gasteiger partial charge in [0.2, 0.25) is 0 Å².